The molecule has 2 aromatic heterocycles. The van der Waals surface area contributed by atoms with Crippen molar-refractivity contribution in [2.45, 2.75) is 26.8 Å². The van der Waals surface area contributed by atoms with Crippen LogP contribution < -0.4 is 14.9 Å². The zero-order chi connectivity index (χ0) is 17.6. The summed E-state index contributed by atoms with van der Waals surface area (Å²) in [5.41, 5.74) is 3.31. The number of nitrogens with zero attached hydrogens (tertiary/aromatic N) is 3. The highest BCUT2D eigenvalue weighted by Crippen LogP contribution is 2.23. The number of rotatable bonds is 2. The standard InChI is InChI=1S/C19H18FN3OS/c1-12-10-14(13(2)23(12)16-7-4-3-6-15(16)20)11-17-18(24)22-9-5-8-21-19(22)25-17/h3-4,6-7,10-11H,5,8-9H2,1-2H3/b17-11-. The van der Waals surface area contributed by atoms with Crippen molar-refractivity contribution >= 4 is 17.4 Å². The van der Waals surface area contributed by atoms with Crippen molar-refractivity contribution in [1.82, 2.24) is 9.13 Å². The van der Waals surface area contributed by atoms with E-state index in [1.807, 2.05) is 36.6 Å². The summed E-state index contributed by atoms with van der Waals surface area (Å²) in [7, 11) is 0. The molecule has 0 atom stereocenters. The Morgan fingerprint density at radius 2 is 2.08 bits per heavy atom. The molecule has 25 heavy (non-hydrogen) atoms. The van der Waals surface area contributed by atoms with Crippen LogP contribution in [0.2, 0.25) is 0 Å². The first kappa shape index (κ1) is 16.0. The predicted octanol–water partition coefficient (Wildman–Crippen LogP) is 2.31. The lowest BCUT2D eigenvalue weighted by Crippen LogP contribution is -2.33. The van der Waals surface area contributed by atoms with Crippen LogP contribution in [0.1, 0.15) is 23.4 Å². The van der Waals surface area contributed by atoms with E-state index in [0.717, 1.165) is 41.3 Å². The molecule has 3 heterocycles. The molecule has 0 saturated carbocycles. The third kappa shape index (κ3) is 2.66. The topological polar surface area (TPSA) is 39.3 Å². The van der Waals surface area contributed by atoms with Gasteiger partial charge in [0, 0.05) is 24.5 Å². The van der Waals surface area contributed by atoms with Crippen LogP contribution in [0, 0.1) is 19.7 Å². The number of benzene rings is 1. The Morgan fingerprint density at radius 1 is 1.28 bits per heavy atom. The van der Waals surface area contributed by atoms with Crippen LogP contribution in [0.3, 0.4) is 0 Å². The van der Waals surface area contributed by atoms with Crippen molar-refractivity contribution in [3.63, 3.8) is 0 Å². The second-order valence-electron chi connectivity index (χ2n) is 6.20. The molecule has 0 N–H and O–H groups in total. The van der Waals surface area contributed by atoms with Crippen LogP contribution in [0.5, 0.6) is 0 Å². The summed E-state index contributed by atoms with van der Waals surface area (Å²) >= 11 is 1.42. The van der Waals surface area contributed by atoms with Gasteiger partial charge in [-0.15, -0.1) is 0 Å². The summed E-state index contributed by atoms with van der Waals surface area (Å²) in [4.78, 5) is 17.8. The number of hydrogen-bond donors (Lipinski definition) is 0. The first-order chi connectivity index (χ1) is 12.1. The van der Waals surface area contributed by atoms with Crippen LogP contribution >= 0.6 is 11.3 Å². The molecule has 0 spiro atoms. The molecular weight excluding hydrogens is 337 g/mol. The molecule has 0 unspecified atom stereocenters. The van der Waals surface area contributed by atoms with Gasteiger partial charge in [0.2, 0.25) is 0 Å². The van der Waals surface area contributed by atoms with Crippen molar-refractivity contribution < 1.29 is 4.39 Å². The van der Waals surface area contributed by atoms with E-state index in [4.69, 9.17) is 0 Å². The third-order valence-electron chi connectivity index (χ3n) is 4.53. The van der Waals surface area contributed by atoms with Gasteiger partial charge in [-0.1, -0.05) is 23.5 Å². The molecule has 0 bridgehead atoms. The number of aromatic nitrogens is 2. The smallest absolute Gasteiger partial charge is 0.270 e. The van der Waals surface area contributed by atoms with Crippen molar-refractivity contribution in [2.24, 2.45) is 4.99 Å². The van der Waals surface area contributed by atoms with E-state index in [2.05, 4.69) is 4.99 Å². The van der Waals surface area contributed by atoms with E-state index in [9.17, 15) is 9.18 Å². The van der Waals surface area contributed by atoms with E-state index in [-0.39, 0.29) is 11.4 Å². The number of hydrogen-bond acceptors (Lipinski definition) is 3. The molecule has 4 nitrogen and oxygen atoms in total. The van der Waals surface area contributed by atoms with Gasteiger partial charge in [0.1, 0.15) is 5.82 Å². The molecule has 0 radical (unpaired) electrons. The second-order valence-corrected chi connectivity index (χ2v) is 7.21. The van der Waals surface area contributed by atoms with Gasteiger partial charge in [-0.2, -0.15) is 0 Å². The van der Waals surface area contributed by atoms with Gasteiger partial charge in [0.25, 0.3) is 5.56 Å². The van der Waals surface area contributed by atoms with Gasteiger partial charge in [0.15, 0.2) is 4.80 Å². The molecule has 0 aliphatic carbocycles. The summed E-state index contributed by atoms with van der Waals surface area (Å²) in [6.45, 7) is 5.40. The number of aryl methyl sites for hydroxylation is 1. The minimum absolute atomic E-state index is 0.0131. The number of para-hydroxylation sites is 1. The van der Waals surface area contributed by atoms with Crippen LogP contribution in [-0.4, -0.2) is 15.7 Å². The Balaban J connectivity index is 1.90. The SMILES string of the molecule is Cc1cc(/C=c2\sc3n(c2=O)CCCN=3)c(C)n1-c1ccccc1F. The molecule has 1 aliphatic heterocycles. The number of thiazole rings is 1. The lowest BCUT2D eigenvalue weighted by atomic mass is 10.2. The van der Waals surface area contributed by atoms with Crippen LogP contribution in [0.4, 0.5) is 4.39 Å². The van der Waals surface area contributed by atoms with Gasteiger partial charge in [-0.3, -0.25) is 14.4 Å². The second kappa shape index (κ2) is 6.11. The van der Waals surface area contributed by atoms with Gasteiger partial charge < -0.3 is 4.57 Å². The lowest BCUT2D eigenvalue weighted by Gasteiger charge is -2.10. The van der Waals surface area contributed by atoms with Gasteiger partial charge in [0.05, 0.1) is 10.2 Å². The molecule has 1 aliphatic rings. The maximum atomic E-state index is 14.2. The Morgan fingerprint density at radius 3 is 2.84 bits per heavy atom. The van der Waals surface area contributed by atoms with Crippen LogP contribution in [0.25, 0.3) is 11.8 Å². The molecular formula is C19H18FN3OS. The van der Waals surface area contributed by atoms with Gasteiger partial charge in [-0.05, 0) is 50.1 Å². The fourth-order valence-corrected chi connectivity index (χ4v) is 4.33. The monoisotopic (exact) mass is 355 g/mol. The Hall–Kier alpha value is -2.47. The Bertz CT molecular complexity index is 1140. The lowest BCUT2D eigenvalue weighted by molar-refractivity contribution is 0.573. The summed E-state index contributed by atoms with van der Waals surface area (Å²) < 4.78 is 18.5. The molecule has 0 saturated heterocycles. The molecule has 0 fully saturated rings. The fraction of sp³-hybridized carbons (Fsp3) is 0.263. The minimum atomic E-state index is -0.263. The number of fused-ring (bicyclic) bond motifs is 1. The zero-order valence-corrected chi connectivity index (χ0v) is 14.9. The predicted molar refractivity (Wildman–Crippen MR) is 97.6 cm³/mol. The summed E-state index contributed by atoms with van der Waals surface area (Å²) in [6.07, 6.45) is 2.80. The van der Waals surface area contributed by atoms with Crippen LogP contribution in [-0.2, 0) is 6.54 Å². The maximum Gasteiger partial charge on any atom is 0.270 e. The Labute approximate surface area is 148 Å². The Kier molecular flexibility index (Phi) is 3.92. The molecule has 128 valence electrons. The van der Waals surface area contributed by atoms with Crippen molar-refractivity contribution in [2.75, 3.05) is 6.54 Å². The minimum Gasteiger partial charge on any atom is -0.315 e. The third-order valence-corrected chi connectivity index (χ3v) is 5.57. The van der Waals surface area contributed by atoms with E-state index in [1.165, 1.54) is 17.4 Å². The molecule has 0 amide bonds. The van der Waals surface area contributed by atoms with E-state index in [0.29, 0.717) is 10.2 Å². The van der Waals surface area contributed by atoms with Crippen molar-refractivity contribution in [3.8, 4) is 5.69 Å². The highest BCUT2D eigenvalue weighted by molar-refractivity contribution is 7.07. The number of halogens is 1. The van der Waals surface area contributed by atoms with E-state index in [1.54, 1.807) is 16.7 Å². The molecule has 3 aromatic rings. The first-order valence-electron chi connectivity index (χ1n) is 8.26. The summed E-state index contributed by atoms with van der Waals surface area (Å²) in [5.74, 6) is -0.263. The van der Waals surface area contributed by atoms with Crippen molar-refractivity contribution in [3.05, 3.63) is 72.8 Å². The van der Waals surface area contributed by atoms with E-state index >= 15 is 0 Å². The first-order valence-corrected chi connectivity index (χ1v) is 9.07. The highest BCUT2D eigenvalue weighted by atomic mass is 32.1. The average molecular weight is 355 g/mol. The van der Waals surface area contributed by atoms with Gasteiger partial charge in [-0.25, -0.2) is 4.39 Å². The molecule has 6 heteroatoms. The van der Waals surface area contributed by atoms with Crippen LogP contribution in [0.15, 0.2) is 40.1 Å². The maximum absolute atomic E-state index is 14.2. The average Bonchev–Trinajstić information content (AvgIpc) is 3.06. The summed E-state index contributed by atoms with van der Waals surface area (Å²) in [6, 6.07) is 8.71. The van der Waals surface area contributed by atoms with E-state index < -0.39 is 0 Å². The summed E-state index contributed by atoms with van der Waals surface area (Å²) in [5, 5.41) is 0. The zero-order valence-electron chi connectivity index (χ0n) is 14.1. The fourth-order valence-electron chi connectivity index (χ4n) is 3.31. The van der Waals surface area contributed by atoms with Crippen molar-refractivity contribution in [1.29, 1.82) is 0 Å². The van der Waals surface area contributed by atoms with Gasteiger partial charge >= 0.3 is 0 Å². The normalized spacial score (nSPS) is 14.4. The quantitative estimate of drug-likeness (QED) is 0.695. The molecule has 1 aromatic carbocycles. The largest absolute Gasteiger partial charge is 0.315 e. The highest BCUT2D eigenvalue weighted by Gasteiger charge is 2.14. The molecule has 4 rings (SSSR count).